The zero-order valence-corrected chi connectivity index (χ0v) is 19.0. The fourth-order valence-electron chi connectivity index (χ4n) is 2.92. The first-order valence-corrected chi connectivity index (χ1v) is 11.7. The van der Waals surface area contributed by atoms with Gasteiger partial charge in [0.15, 0.2) is 11.7 Å². The molecular weight excluding hydrogens is 442 g/mol. The van der Waals surface area contributed by atoms with Gasteiger partial charge in [0.05, 0.1) is 16.0 Å². The number of anilines is 2. The number of thiazole rings is 1. The lowest BCUT2D eigenvalue weighted by Crippen LogP contribution is -2.20. The third-order valence-corrected chi connectivity index (χ3v) is 6.32. The van der Waals surface area contributed by atoms with Crippen molar-refractivity contribution in [2.45, 2.75) is 11.8 Å². The molecule has 162 valence electrons. The summed E-state index contributed by atoms with van der Waals surface area (Å²) in [6.45, 7) is 1.95. The first kappa shape index (κ1) is 21.9. The summed E-state index contributed by atoms with van der Waals surface area (Å²) in [5.41, 5.74) is 2.69. The number of carbonyl (C=O) groups is 2. The van der Waals surface area contributed by atoms with Gasteiger partial charge in [0, 0.05) is 10.6 Å². The van der Waals surface area contributed by atoms with Crippen LogP contribution in [-0.4, -0.2) is 29.2 Å². The number of hydrogen-bond acceptors (Lipinski definition) is 6. The van der Waals surface area contributed by atoms with Gasteiger partial charge in [-0.3, -0.25) is 9.59 Å². The fourth-order valence-corrected chi connectivity index (χ4v) is 4.65. The van der Waals surface area contributed by atoms with Crippen LogP contribution in [0.5, 0.6) is 5.75 Å². The molecule has 0 bridgehead atoms. The lowest BCUT2D eigenvalue weighted by Gasteiger charge is -2.09. The summed E-state index contributed by atoms with van der Waals surface area (Å²) < 4.78 is 6.51. The van der Waals surface area contributed by atoms with Crippen molar-refractivity contribution in [2.75, 3.05) is 23.0 Å². The molecule has 4 rings (SSSR count). The zero-order valence-electron chi connectivity index (χ0n) is 17.3. The number of aromatic nitrogens is 1. The maximum Gasteiger partial charge on any atom is 0.262 e. The van der Waals surface area contributed by atoms with Crippen molar-refractivity contribution < 1.29 is 14.3 Å². The van der Waals surface area contributed by atoms with Crippen LogP contribution >= 0.6 is 23.1 Å². The lowest BCUT2D eigenvalue weighted by molar-refractivity contribution is -0.118. The second-order valence-corrected chi connectivity index (χ2v) is 9.08. The standard InChI is InChI=1S/C24H21N3O3S2/c1-16-10-11-20-21(12-16)32-24(26-20)27-23(29)15-31-19-9-5-6-17(13-19)25-22(28)14-30-18-7-3-2-4-8-18/h2-13H,14-15H2,1H3,(H,25,28)(H,26,27,29). The number of aryl methyl sites for hydroxylation is 1. The normalized spacial score (nSPS) is 10.7. The molecule has 0 radical (unpaired) electrons. The third-order valence-electron chi connectivity index (χ3n) is 4.39. The lowest BCUT2D eigenvalue weighted by atomic mass is 10.2. The number of nitrogens with one attached hydrogen (secondary N) is 2. The van der Waals surface area contributed by atoms with E-state index in [0.717, 1.165) is 20.7 Å². The molecule has 2 N–H and O–H groups in total. The highest BCUT2D eigenvalue weighted by Gasteiger charge is 2.10. The second-order valence-electron chi connectivity index (χ2n) is 7.00. The summed E-state index contributed by atoms with van der Waals surface area (Å²) in [4.78, 5) is 29.8. The molecule has 0 saturated heterocycles. The van der Waals surface area contributed by atoms with E-state index in [-0.39, 0.29) is 24.2 Å². The van der Waals surface area contributed by atoms with E-state index >= 15 is 0 Å². The van der Waals surface area contributed by atoms with Crippen LogP contribution in [0.25, 0.3) is 10.2 Å². The van der Waals surface area contributed by atoms with Crippen molar-refractivity contribution in [2.24, 2.45) is 0 Å². The van der Waals surface area contributed by atoms with E-state index in [1.807, 2.05) is 55.5 Å². The van der Waals surface area contributed by atoms with Gasteiger partial charge in [0.25, 0.3) is 5.91 Å². The van der Waals surface area contributed by atoms with Crippen LogP contribution < -0.4 is 15.4 Å². The number of amides is 2. The first-order chi connectivity index (χ1) is 15.5. The molecule has 1 aromatic heterocycles. The predicted octanol–water partition coefficient (Wildman–Crippen LogP) is 5.35. The van der Waals surface area contributed by atoms with Crippen LogP contribution in [0.2, 0.25) is 0 Å². The molecule has 4 aromatic rings. The van der Waals surface area contributed by atoms with Crippen molar-refractivity contribution in [3.8, 4) is 5.75 Å². The molecule has 0 fully saturated rings. The van der Waals surface area contributed by atoms with Gasteiger partial charge in [-0.15, -0.1) is 11.8 Å². The number of ether oxygens (including phenoxy) is 1. The quantitative estimate of drug-likeness (QED) is 0.344. The van der Waals surface area contributed by atoms with Crippen LogP contribution in [0.15, 0.2) is 77.7 Å². The minimum Gasteiger partial charge on any atom is -0.484 e. The van der Waals surface area contributed by atoms with Crippen LogP contribution in [-0.2, 0) is 9.59 Å². The van der Waals surface area contributed by atoms with Crippen molar-refractivity contribution in [1.29, 1.82) is 0 Å². The number of carbonyl (C=O) groups excluding carboxylic acids is 2. The summed E-state index contributed by atoms with van der Waals surface area (Å²) in [5.74, 6) is 0.501. The number of para-hydroxylation sites is 1. The summed E-state index contributed by atoms with van der Waals surface area (Å²) in [6.07, 6.45) is 0. The molecule has 0 aliphatic heterocycles. The number of nitrogens with zero attached hydrogens (tertiary/aromatic N) is 1. The van der Waals surface area contributed by atoms with Crippen molar-refractivity contribution in [1.82, 2.24) is 4.98 Å². The monoisotopic (exact) mass is 463 g/mol. The maximum absolute atomic E-state index is 12.4. The summed E-state index contributed by atoms with van der Waals surface area (Å²) >= 11 is 2.85. The topological polar surface area (TPSA) is 80.3 Å². The summed E-state index contributed by atoms with van der Waals surface area (Å²) in [5, 5.41) is 6.27. The number of thioether (sulfide) groups is 1. The Labute approximate surface area is 194 Å². The van der Waals surface area contributed by atoms with E-state index in [1.54, 1.807) is 18.2 Å². The third kappa shape index (κ3) is 6.09. The molecule has 8 heteroatoms. The number of benzene rings is 3. The molecule has 2 amide bonds. The van der Waals surface area contributed by atoms with Crippen molar-refractivity contribution >= 4 is 55.9 Å². The van der Waals surface area contributed by atoms with Crippen LogP contribution in [0.1, 0.15) is 5.56 Å². The highest BCUT2D eigenvalue weighted by Crippen LogP contribution is 2.27. The highest BCUT2D eigenvalue weighted by atomic mass is 32.2. The minimum absolute atomic E-state index is 0.0779. The van der Waals surface area contributed by atoms with E-state index in [4.69, 9.17) is 4.74 Å². The van der Waals surface area contributed by atoms with Crippen LogP contribution in [0, 0.1) is 6.92 Å². The SMILES string of the molecule is Cc1ccc2nc(NC(=O)CSc3cccc(NC(=O)COc4ccccc4)c3)sc2c1. The minimum atomic E-state index is -0.250. The molecular formula is C24H21N3O3S2. The maximum atomic E-state index is 12.4. The molecule has 0 atom stereocenters. The Morgan fingerprint density at radius 2 is 1.81 bits per heavy atom. The number of fused-ring (bicyclic) bond motifs is 1. The van der Waals surface area contributed by atoms with E-state index in [9.17, 15) is 9.59 Å². The molecule has 0 aliphatic carbocycles. The molecule has 0 aliphatic rings. The van der Waals surface area contributed by atoms with Gasteiger partial charge < -0.3 is 15.4 Å². The van der Waals surface area contributed by atoms with Gasteiger partial charge in [-0.25, -0.2) is 4.98 Å². The second kappa shape index (κ2) is 10.3. The molecule has 0 spiro atoms. The number of hydrogen-bond donors (Lipinski definition) is 2. The smallest absolute Gasteiger partial charge is 0.262 e. The molecule has 32 heavy (non-hydrogen) atoms. The van der Waals surface area contributed by atoms with Gasteiger partial charge in [-0.2, -0.15) is 0 Å². The zero-order chi connectivity index (χ0) is 22.3. The predicted molar refractivity (Wildman–Crippen MR) is 131 cm³/mol. The average Bonchev–Trinajstić information content (AvgIpc) is 3.18. The summed E-state index contributed by atoms with van der Waals surface area (Å²) in [7, 11) is 0. The molecule has 0 saturated carbocycles. The van der Waals surface area contributed by atoms with Gasteiger partial charge in [-0.05, 0) is 55.0 Å². The summed E-state index contributed by atoms with van der Waals surface area (Å²) in [6, 6.07) is 22.6. The van der Waals surface area contributed by atoms with Crippen molar-refractivity contribution in [3.05, 3.63) is 78.4 Å². The van der Waals surface area contributed by atoms with Gasteiger partial charge in [0.1, 0.15) is 5.75 Å². The van der Waals surface area contributed by atoms with Gasteiger partial charge in [0.2, 0.25) is 5.91 Å². The largest absolute Gasteiger partial charge is 0.484 e. The first-order valence-electron chi connectivity index (χ1n) is 9.93. The van der Waals surface area contributed by atoms with E-state index in [1.165, 1.54) is 23.1 Å². The Morgan fingerprint density at radius 1 is 0.969 bits per heavy atom. The average molecular weight is 464 g/mol. The Hall–Kier alpha value is -3.36. The molecule has 1 heterocycles. The van der Waals surface area contributed by atoms with E-state index in [0.29, 0.717) is 16.6 Å². The fraction of sp³-hybridized carbons (Fsp3) is 0.125. The molecule has 0 unspecified atom stereocenters. The highest BCUT2D eigenvalue weighted by molar-refractivity contribution is 8.00. The van der Waals surface area contributed by atoms with Gasteiger partial charge in [-0.1, -0.05) is 41.7 Å². The van der Waals surface area contributed by atoms with Gasteiger partial charge >= 0.3 is 0 Å². The molecule has 3 aromatic carbocycles. The Morgan fingerprint density at radius 3 is 2.66 bits per heavy atom. The van der Waals surface area contributed by atoms with E-state index in [2.05, 4.69) is 21.7 Å². The number of rotatable bonds is 8. The van der Waals surface area contributed by atoms with Crippen LogP contribution in [0.3, 0.4) is 0 Å². The van der Waals surface area contributed by atoms with Crippen molar-refractivity contribution in [3.63, 3.8) is 0 Å². The Kier molecular flexibility index (Phi) is 7.03. The Balaban J connectivity index is 1.27. The Bertz CT molecular complexity index is 1240. The molecule has 6 nitrogen and oxygen atoms in total. The van der Waals surface area contributed by atoms with E-state index < -0.39 is 0 Å². The van der Waals surface area contributed by atoms with Crippen LogP contribution in [0.4, 0.5) is 10.8 Å².